The summed E-state index contributed by atoms with van der Waals surface area (Å²) >= 11 is 0. The Morgan fingerprint density at radius 3 is 1.82 bits per heavy atom. The van der Waals surface area contributed by atoms with E-state index >= 15 is 0 Å². The number of rotatable bonds is 15. The van der Waals surface area contributed by atoms with Gasteiger partial charge in [0.1, 0.15) is 6.29 Å². The maximum Gasteiger partial charge on any atom is 0.339 e. The van der Waals surface area contributed by atoms with Gasteiger partial charge in [0.2, 0.25) is 0 Å². The molecule has 0 aliphatic carbocycles. The summed E-state index contributed by atoms with van der Waals surface area (Å²) in [7, 11) is -4.22. The van der Waals surface area contributed by atoms with Crippen molar-refractivity contribution in [2.24, 2.45) is 0 Å². The Morgan fingerprint density at radius 2 is 1.41 bits per heavy atom. The Morgan fingerprint density at radius 1 is 0.955 bits per heavy atom. The van der Waals surface area contributed by atoms with E-state index in [4.69, 9.17) is 9.79 Å². The summed E-state index contributed by atoms with van der Waals surface area (Å²) in [6, 6.07) is 0. The highest BCUT2D eigenvalue weighted by molar-refractivity contribution is 7.51. The lowest BCUT2D eigenvalue weighted by molar-refractivity contribution is -0.306. The second-order valence-electron chi connectivity index (χ2n) is 5.91. The molecule has 7 heteroatoms. The Bertz CT molecular complexity index is 332. The third-order valence-electron chi connectivity index (χ3n) is 3.56. The Balaban J connectivity index is 3.63. The van der Waals surface area contributed by atoms with Crippen LogP contribution < -0.4 is 5.11 Å². The summed E-state index contributed by atoms with van der Waals surface area (Å²) < 4.78 is 10.9. The van der Waals surface area contributed by atoms with Crippen molar-refractivity contribution in [2.75, 3.05) is 19.4 Å². The van der Waals surface area contributed by atoms with Crippen LogP contribution in [0.25, 0.3) is 0 Å². The number of carbonyl (C=O) groups is 1. The van der Waals surface area contributed by atoms with Gasteiger partial charge < -0.3 is 19.7 Å². The molecule has 0 aromatic heterocycles. The zero-order valence-corrected chi connectivity index (χ0v) is 14.6. The molecule has 0 heterocycles. The molecule has 0 aromatic carbocycles. The lowest BCUT2D eigenvalue weighted by atomic mass is 10.1. The van der Waals surface area contributed by atoms with Crippen molar-refractivity contribution in [1.82, 2.24) is 4.90 Å². The van der Waals surface area contributed by atoms with Crippen LogP contribution in [0.3, 0.4) is 0 Å². The molecule has 0 bridgehead atoms. The third-order valence-corrected chi connectivity index (χ3v) is 4.33. The maximum atomic E-state index is 10.9. The van der Waals surface area contributed by atoms with E-state index in [1.165, 1.54) is 49.8 Å². The second kappa shape index (κ2) is 13.1. The smallest absolute Gasteiger partial charge is 0.339 e. The van der Waals surface area contributed by atoms with E-state index in [2.05, 4.69) is 6.92 Å². The van der Waals surface area contributed by atoms with E-state index in [0.717, 1.165) is 19.3 Å². The molecule has 0 atom stereocenters. The minimum atomic E-state index is -4.22. The lowest BCUT2D eigenvalue weighted by Crippen LogP contribution is -2.39. The monoisotopic (exact) mass is 336 g/mol. The van der Waals surface area contributed by atoms with E-state index in [1.807, 2.05) is 0 Å². The van der Waals surface area contributed by atoms with E-state index in [9.17, 15) is 14.5 Å². The number of unbranched alkanes of at least 4 members (excludes halogenated alkanes) is 9. The molecule has 0 aliphatic rings. The topological polar surface area (TPSA) is 101 Å². The van der Waals surface area contributed by atoms with Gasteiger partial charge in [-0.15, -0.1) is 0 Å². The standard InChI is InChI=1S/C15H32NO5P/c1-2-3-4-5-6-7-8-9-10-11-12-16(13-15(17)18)14-22(19,20)21/h2-14H2,1H3,(H,17,18)(H2,19,20,21)/p-1. The lowest BCUT2D eigenvalue weighted by Gasteiger charge is -2.22. The van der Waals surface area contributed by atoms with Gasteiger partial charge in [-0.1, -0.05) is 64.7 Å². The second-order valence-corrected chi connectivity index (χ2v) is 7.52. The fraction of sp³-hybridized carbons (Fsp3) is 0.933. The van der Waals surface area contributed by atoms with Crippen molar-refractivity contribution in [3.8, 4) is 0 Å². The summed E-state index contributed by atoms with van der Waals surface area (Å²) in [6.45, 7) is 2.16. The quantitative estimate of drug-likeness (QED) is 0.351. The predicted octanol–water partition coefficient (Wildman–Crippen LogP) is 2.09. The predicted molar refractivity (Wildman–Crippen MR) is 85.3 cm³/mol. The molecule has 0 unspecified atom stereocenters. The number of hydrogen-bond donors (Lipinski definition) is 2. The number of aliphatic carboxylic acids is 1. The van der Waals surface area contributed by atoms with Gasteiger partial charge in [0.25, 0.3) is 0 Å². The molecule has 0 aromatic rings. The van der Waals surface area contributed by atoms with Gasteiger partial charge in [-0.3, -0.25) is 9.46 Å². The highest BCUT2D eigenvalue weighted by atomic mass is 31.2. The van der Waals surface area contributed by atoms with Crippen LogP contribution in [0, 0.1) is 0 Å². The van der Waals surface area contributed by atoms with Crippen molar-refractivity contribution in [3.05, 3.63) is 0 Å². The molecule has 0 saturated heterocycles. The van der Waals surface area contributed by atoms with Crippen LogP contribution in [-0.4, -0.2) is 40.0 Å². The van der Waals surface area contributed by atoms with E-state index in [0.29, 0.717) is 6.54 Å². The van der Waals surface area contributed by atoms with Crippen molar-refractivity contribution in [1.29, 1.82) is 0 Å². The summed E-state index contributed by atoms with van der Waals surface area (Å²) in [5, 5.41) is 10.6. The Hall–Kier alpha value is -0.420. The fourth-order valence-corrected chi connectivity index (χ4v) is 3.23. The van der Waals surface area contributed by atoms with Gasteiger partial charge in [-0.05, 0) is 13.0 Å². The molecule has 0 aliphatic heterocycles. The normalized spacial score (nSPS) is 12.0. The number of carbonyl (C=O) groups excluding carboxylic acids is 1. The minimum Gasteiger partial charge on any atom is -0.549 e. The molecule has 0 fully saturated rings. The molecular formula is C15H31NO5P-. The van der Waals surface area contributed by atoms with Gasteiger partial charge in [0.05, 0.1) is 5.97 Å². The van der Waals surface area contributed by atoms with Crippen molar-refractivity contribution in [2.45, 2.75) is 71.1 Å². The SMILES string of the molecule is CCCCCCCCCCCCN(CC(=O)[O-])CP(=O)(O)O. The fourth-order valence-electron chi connectivity index (χ4n) is 2.47. The van der Waals surface area contributed by atoms with Crippen molar-refractivity contribution < 1.29 is 24.3 Å². The minimum absolute atomic E-state index is 0.385. The number of carboxylic acid groups (broad SMARTS) is 1. The molecule has 0 radical (unpaired) electrons. The number of hydrogen-bond acceptors (Lipinski definition) is 4. The molecule has 0 spiro atoms. The molecular weight excluding hydrogens is 305 g/mol. The molecule has 0 rings (SSSR count). The van der Waals surface area contributed by atoms with E-state index < -0.39 is 26.4 Å². The third kappa shape index (κ3) is 16.0. The van der Waals surface area contributed by atoms with E-state index in [-0.39, 0.29) is 0 Å². The molecule has 0 saturated carbocycles. The van der Waals surface area contributed by atoms with Crippen LogP contribution in [0.1, 0.15) is 71.1 Å². The zero-order chi connectivity index (χ0) is 16.8. The first-order valence-corrected chi connectivity index (χ1v) is 10.1. The van der Waals surface area contributed by atoms with Gasteiger partial charge in [-0.25, -0.2) is 0 Å². The van der Waals surface area contributed by atoms with Crippen LogP contribution in [0.5, 0.6) is 0 Å². The van der Waals surface area contributed by atoms with Gasteiger partial charge in [0.15, 0.2) is 0 Å². The van der Waals surface area contributed by atoms with Crippen molar-refractivity contribution in [3.63, 3.8) is 0 Å². The van der Waals surface area contributed by atoms with Crippen LogP contribution in [0.2, 0.25) is 0 Å². The molecule has 132 valence electrons. The largest absolute Gasteiger partial charge is 0.549 e. The molecule has 6 nitrogen and oxygen atoms in total. The summed E-state index contributed by atoms with van der Waals surface area (Å²) in [4.78, 5) is 29.7. The molecule has 2 N–H and O–H groups in total. The summed E-state index contributed by atoms with van der Waals surface area (Å²) in [6.07, 6.45) is 11.1. The highest BCUT2D eigenvalue weighted by Crippen LogP contribution is 2.35. The first-order valence-electron chi connectivity index (χ1n) is 8.32. The van der Waals surface area contributed by atoms with Crippen molar-refractivity contribution >= 4 is 13.6 Å². The maximum absolute atomic E-state index is 10.9. The van der Waals surface area contributed by atoms with Crippen LogP contribution in [0.15, 0.2) is 0 Å². The molecule has 22 heavy (non-hydrogen) atoms. The Kier molecular flexibility index (Phi) is 12.8. The number of nitrogens with zero attached hydrogens (tertiary/aromatic N) is 1. The van der Waals surface area contributed by atoms with Gasteiger partial charge in [-0.2, -0.15) is 0 Å². The molecule has 0 amide bonds. The van der Waals surface area contributed by atoms with Gasteiger partial charge >= 0.3 is 7.60 Å². The van der Waals surface area contributed by atoms with Crippen LogP contribution in [0.4, 0.5) is 0 Å². The highest BCUT2D eigenvalue weighted by Gasteiger charge is 2.18. The summed E-state index contributed by atoms with van der Waals surface area (Å²) in [5.74, 6) is -1.31. The van der Waals surface area contributed by atoms with E-state index in [1.54, 1.807) is 0 Å². The van der Waals surface area contributed by atoms with Crippen LogP contribution >= 0.6 is 7.60 Å². The zero-order valence-electron chi connectivity index (χ0n) is 13.7. The van der Waals surface area contributed by atoms with Crippen LogP contribution in [-0.2, 0) is 9.36 Å². The summed E-state index contributed by atoms with van der Waals surface area (Å²) in [5.41, 5.74) is 0. The Labute approximate surface area is 134 Å². The number of carboxylic acids is 1. The average molecular weight is 336 g/mol. The average Bonchev–Trinajstić information content (AvgIpc) is 2.38. The first-order chi connectivity index (χ1) is 10.3. The van der Waals surface area contributed by atoms with Gasteiger partial charge in [0, 0.05) is 6.54 Å². The first kappa shape index (κ1) is 21.6.